The van der Waals surface area contributed by atoms with Gasteiger partial charge in [0.15, 0.2) is 0 Å². The molecular formula is C14H18BrClN2O2. The number of hydrogen-bond acceptors (Lipinski definition) is 2. The van der Waals surface area contributed by atoms with Crippen LogP contribution in [0.4, 0.5) is 0 Å². The molecule has 1 aromatic rings. The van der Waals surface area contributed by atoms with Crippen molar-refractivity contribution in [3.63, 3.8) is 0 Å². The summed E-state index contributed by atoms with van der Waals surface area (Å²) in [4.78, 5) is 23.4. The molecule has 4 nitrogen and oxygen atoms in total. The van der Waals surface area contributed by atoms with Gasteiger partial charge >= 0.3 is 0 Å². The van der Waals surface area contributed by atoms with Crippen LogP contribution in [-0.4, -0.2) is 24.4 Å². The van der Waals surface area contributed by atoms with E-state index in [9.17, 15) is 9.59 Å². The summed E-state index contributed by atoms with van der Waals surface area (Å²) in [5, 5.41) is 6.10. The maximum Gasteiger partial charge on any atom is 0.251 e. The normalized spacial score (nSPS) is 11.8. The second kappa shape index (κ2) is 8.27. The Balaban J connectivity index is 2.40. The fraction of sp³-hybridized carbons (Fsp3) is 0.429. The predicted octanol–water partition coefficient (Wildman–Crippen LogP) is 3.14. The smallest absolute Gasteiger partial charge is 0.251 e. The first kappa shape index (κ1) is 17.0. The maximum atomic E-state index is 11.9. The molecular weight excluding hydrogens is 344 g/mol. The SMILES string of the molecule is CCC(C)NC(=O)CCNC(=O)c1ccc(Cl)c(Br)c1. The molecule has 20 heavy (non-hydrogen) atoms. The zero-order valence-corrected chi connectivity index (χ0v) is 13.8. The van der Waals surface area contributed by atoms with Gasteiger partial charge < -0.3 is 10.6 Å². The number of amides is 2. The van der Waals surface area contributed by atoms with Gasteiger partial charge in [-0.2, -0.15) is 0 Å². The third kappa shape index (κ3) is 5.51. The Kier molecular flexibility index (Phi) is 7.02. The van der Waals surface area contributed by atoms with Gasteiger partial charge in [-0.15, -0.1) is 0 Å². The van der Waals surface area contributed by atoms with Crippen LogP contribution in [0.25, 0.3) is 0 Å². The van der Waals surface area contributed by atoms with Gasteiger partial charge in [0.1, 0.15) is 0 Å². The van der Waals surface area contributed by atoms with Crippen LogP contribution >= 0.6 is 27.5 Å². The Bertz CT molecular complexity index is 494. The Morgan fingerprint density at radius 1 is 1.40 bits per heavy atom. The van der Waals surface area contributed by atoms with Crippen LogP contribution in [0, 0.1) is 0 Å². The summed E-state index contributed by atoms with van der Waals surface area (Å²) in [6.07, 6.45) is 1.15. The van der Waals surface area contributed by atoms with Gasteiger partial charge in [0.2, 0.25) is 5.91 Å². The molecule has 0 saturated heterocycles. The lowest BCUT2D eigenvalue weighted by Crippen LogP contribution is -2.35. The van der Waals surface area contributed by atoms with Crippen molar-refractivity contribution in [2.45, 2.75) is 32.7 Å². The number of halogens is 2. The van der Waals surface area contributed by atoms with Crippen molar-refractivity contribution >= 4 is 39.3 Å². The Morgan fingerprint density at radius 3 is 2.70 bits per heavy atom. The number of hydrogen-bond donors (Lipinski definition) is 2. The molecule has 2 amide bonds. The summed E-state index contributed by atoms with van der Waals surface area (Å²) >= 11 is 9.13. The topological polar surface area (TPSA) is 58.2 Å². The quantitative estimate of drug-likeness (QED) is 0.818. The number of carbonyl (C=O) groups is 2. The van der Waals surface area contributed by atoms with Gasteiger partial charge in [0.25, 0.3) is 5.91 Å². The number of benzene rings is 1. The molecule has 6 heteroatoms. The molecule has 1 atom stereocenters. The highest BCUT2D eigenvalue weighted by Gasteiger charge is 2.09. The Hall–Kier alpha value is -1.07. The van der Waals surface area contributed by atoms with E-state index in [1.165, 1.54) is 0 Å². The van der Waals surface area contributed by atoms with Crippen molar-refractivity contribution in [1.29, 1.82) is 0 Å². The van der Waals surface area contributed by atoms with E-state index in [2.05, 4.69) is 26.6 Å². The van der Waals surface area contributed by atoms with Crippen molar-refractivity contribution in [1.82, 2.24) is 10.6 Å². The molecule has 0 spiro atoms. The van der Waals surface area contributed by atoms with Crippen molar-refractivity contribution in [3.05, 3.63) is 33.3 Å². The lowest BCUT2D eigenvalue weighted by molar-refractivity contribution is -0.121. The van der Waals surface area contributed by atoms with Gasteiger partial charge in [-0.05, 0) is 47.5 Å². The molecule has 0 bridgehead atoms. The fourth-order valence-electron chi connectivity index (χ4n) is 1.48. The van der Waals surface area contributed by atoms with E-state index in [1.807, 2.05) is 13.8 Å². The van der Waals surface area contributed by atoms with Gasteiger partial charge in [-0.3, -0.25) is 9.59 Å². The molecule has 0 saturated carbocycles. The summed E-state index contributed by atoms with van der Waals surface area (Å²) in [5.41, 5.74) is 0.503. The van der Waals surface area contributed by atoms with E-state index >= 15 is 0 Å². The molecule has 0 fully saturated rings. The third-order valence-corrected chi connectivity index (χ3v) is 4.05. The van der Waals surface area contributed by atoms with Crippen LogP contribution in [0.3, 0.4) is 0 Å². The van der Waals surface area contributed by atoms with Crippen molar-refractivity contribution < 1.29 is 9.59 Å². The van der Waals surface area contributed by atoms with Crippen LogP contribution < -0.4 is 10.6 Å². The molecule has 1 unspecified atom stereocenters. The monoisotopic (exact) mass is 360 g/mol. The standard InChI is InChI=1S/C14H18BrClN2O2/c1-3-9(2)18-13(19)6-7-17-14(20)10-4-5-12(16)11(15)8-10/h4-5,8-9H,3,6-7H2,1-2H3,(H,17,20)(H,18,19). The zero-order chi connectivity index (χ0) is 15.1. The van der Waals surface area contributed by atoms with Crippen molar-refractivity contribution in [3.8, 4) is 0 Å². The lowest BCUT2D eigenvalue weighted by atomic mass is 10.2. The number of nitrogens with one attached hydrogen (secondary N) is 2. The zero-order valence-electron chi connectivity index (χ0n) is 11.5. The first-order chi connectivity index (χ1) is 9.43. The molecule has 1 rings (SSSR count). The molecule has 0 aliphatic rings. The molecule has 0 aliphatic heterocycles. The minimum Gasteiger partial charge on any atom is -0.354 e. The summed E-state index contributed by atoms with van der Waals surface area (Å²) in [5.74, 6) is -0.282. The molecule has 1 aromatic carbocycles. The van der Waals surface area contributed by atoms with Gasteiger partial charge in [0, 0.05) is 29.0 Å². The largest absolute Gasteiger partial charge is 0.354 e. The molecule has 0 aromatic heterocycles. The summed E-state index contributed by atoms with van der Waals surface area (Å²) < 4.78 is 0.668. The molecule has 0 heterocycles. The summed E-state index contributed by atoms with van der Waals surface area (Å²) in [6.45, 7) is 4.26. The van der Waals surface area contributed by atoms with E-state index < -0.39 is 0 Å². The first-order valence-electron chi connectivity index (χ1n) is 6.46. The van der Waals surface area contributed by atoms with Crippen LogP contribution in [0.2, 0.25) is 5.02 Å². The fourth-order valence-corrected chi connectivity index (χ4v) is 1.97. The van der Waals surface area contributed by atoms with Gasteiger partial charge in [0.05, 0.1) is 5.02 Å². The van der Waals surface area contributed by atoms with Gasteiger partial charge in [-0.25, -0.2) is 0 Å². The maximum absolute atomic E-state index is 11.9. The second-order valence-electron chi connectivity index (χ2n) is 4.51. The molecule has 2 N–H and O–H groups in total. The minimum atomic E-state index is -0.223. The van der Waals surface area contributed by atoms with E-state index in [0.29, 0.717) is 21.6 Å². The van der Waals surface area contributed by atoms with Crippen molar-refractivity contribution in [2.24, 2.45) is 0 Å². The summed E-state index contributed by atoms with van der Waals surface area (Å²) in [6, 6.07) is 5.10. The highest BCUT2D eigenvalue weighted by atomic mass is 79.9. The highest BCUT2D eigenvalue weighted by molar-refractivity contribution is 9.10. The minimum absolute atomic E-state index is 0.0584. The van der Waals surface area contributed by atoms with Crippen LogP contribution in [-0.2, 0) is 4.79 Å². The second-order valence-corrected chi connectivity index (χ2v) is 5.77. The third-order valence-electron chi connectivity index (χ3n) is 2.84. The molecule has 0 aliphatic carbocycles. The summed E-state index contributed by atoms with van der Waals surface area (Å²) in [7, 11) is 0. The molecule has 0 radical (unpaired) electrons. The van der Waals surface area contributed by atoms with Crippen LogP contribution in [0.15, 0.2) is 22.7 Å². The lowest BCUT2D eigenvalue weighted by Gasteiger charge is -2.11. The average Bonchev–Trinajstić information content (AvgIpc) is 2.41. The first-order valence-corrected chi connectivity index (χ1v) is 7.63. The number of rotatable bonds is 6. The van der Waals surface area contributed by atoms with E-state index in [1.54, 1.807) is 18.2 Å². The predicted molar refractivity (Wildman–Crippen MR) is 84.0 cm³/mol. The van der Waals surface area contributed by atoms with Crippen molar-refractivity contribution in [2.75, 3.05) is 6.54 Å². The highest BCUT2D eigenvalue weighted by Crippen LogP contribution is 2.23. The Morgan fingerprint density at radius 2 is 2.10 bits per heavy atom. The average molecular weight is 362 g/mol. The van der Waals surface area contributed by atoms with Gasteiger partial charge in [-0.1, -0.05) is 18.5 Å². The van der Waals surface area contributed by atoms with E-state index in [0.717, 1.165) is 6.42 Å². The number of carbonyl (C=O) groups excluding carboxylic acids is 2. The van der Waals surface area contributed by atoms with E-state index in [4.69, 9.17) is 11.6 Å². The Labute approximate surface area is 132 Å². The van der Waals surface area contributed by atoms with Crippen LogP contribution in [0.5, 0.6) is 0 Å². The molecule has 110 valence electrons. The van der Waals surface area contributed by atoms with Crippen LogP contribution in [0.1, 0.15) is 37.0 Å². The van der Waals surface area contributed by atoms with E-state index in [-0.39, 0.29) is 24.3 Å².